The molecule has 0 unspecified atom stereocenters. The third kappa shape index (κ3) is 4.96. The van der Waals surface area contributed by atoms with Gasteiger partial charge in [-0.1, -0.05) is 97.1 Å². The van der Waals surface area contributed by atoms with Crippen molar-refractivity contribution >= 4 is 11.9 Å². The van der Waals surface area contributed by atoms with Crippen LogP contribution in [0.3, 0.4) is 0 Å². The van der Waals surface area contributed by atoms with E-state index in [1.807, 2.05) is 48.5 Å². The molecule has 0 aromatic heterocycles. The molecule has 0 aliphatic heterocycles. The number of aliphatic hydroxyl groups excluding tert-OH is 2. The molecule has 6 heteroatoms. The first kappa shape index (κ1) is 25.4. The Bertz CT molecular complexity index is 1260. The highest BCUT2D eigenvalue weighted by atomic mass is 16.5. The zero-order valence-corrected chi connectivity index (χ0v) is 20.7. The molecule has 0 heterocycles. The topological polar surface area (TPSA) is 93.1 Å². The Balaban J connectivity index is 0.000000155. The summed E-state index contributed by atoms with van der Waals surface area (Å²) in [5.74, 6) is -1.05. The summed E-state index contributed by atoms with van der Waals surface area (Å²) in [7, 11) is 0. The molecule has 4 aromatic carbocycles. The van der Waals surface area contributed by atoms with Crippen LogP contribution in [0.4, 0.5) is 0 Å². The predicted molar refractivity (Wildman–Crippen MR) is 144 cm³/mol. The first-order valence-corrected chi connectivity index (χ1v) is 12.5. The van der Waals surface area contributed by atoms with Crippen molar-refractivity contribution in [3.63, 3.8) is 0 Å². The number of fused-ring (bicyclic) bond motifs is 6. The lowest BCUT2D eigenvalue weighted by molar-refractivity contribution is -0.147. The van der Waals surface area contributed by atoms with Crippen molar-refractivity contribution in [2.75, 3.05) is 26.4 Å². The predicted octanol–water partition coefficient (Wildman–Crippen LogP) is 4.67. The lowest BCUT2D eigenvalue weighted by atomic mass is 9.98. The van der Waals surface area contributed by atoms with Crippen LogP contribution in [0.15, 0.2) is 97.1 Å². The second-order valence-corrected chi connectivity index (χ2v) is 9.14. The third-order valence-corrected chi connectivity index (χ3v) is 7.01. The first-order valence-electron chi connectivity index (χ1n) is 12.5. The second-order valence-electron chi connectivity index (χ2n) is 9.14. The van der Waals surface area contributed by atoms with Crippen molar-refractivity contribution in [1.29, 1.82) is 0 Å². The molecule has 0 fully saturated rings. The molecule has 6 rings (SSSR count). The summed E-state index contributed by atoms with van der Waals surface area (Å²) in [6.07, 6.45) is 0. The molecule has 0 bridgehead atoms. The van der Waals surface area contributed by atoms with Gasteiger partial charge in [0.05, 0.1) is 0 Å². The van der Waals surface area contributed by atoms with E-state index in [1.165, 1.54) is 44.5 Å². The van der Waals surface area contributed by atoms with Crippen molar-refractivity contribution in [1.82, 2.24) is 0 Å². The number of carbonyl (C=O) groups is 2. The van der Waals surface area contributed by atoms with E-state index in [9.17, 15) is 9.59 Å². The number of hydrogen-bond acceptors (Lipinski definition) is 6. The minimum Gasteiger partial charge on any atom is -0.463 e. The fourth-order valence-electron chi connectivity index (χ4n) is 5.32. The summed E-state index contributed by atoms with van der Waals surface area (Å²) in [5.41, 5.74) is 9.49. The monoisotopic (exact) mass is 508 g/mol. The molecule has 0 atom stereocenters. The van der Waals surface area contributed by atoms with Gasteiger partial charge in [-0.15, -0.1) is 0 Å². The Kier molecular flexibility index (Phi) is 7.63. The Morgan fingerprint density at radius 3 is 1.03 bits per heavy atom. The van der Waals surface area contributed by atoms with E-state index in [4.69, 9.17) is 19.7 Å². The molecule has 0 saturated heterocycles. The molecule has 38 heavy (non-hydrogen) atoms. The van der Waals surface area contributed by atoms with Gasteiger partial charge in [0.2, 0.25) is 0 Å². The maximum atomic E-state index is 11.1. The van der Waals surface area contributed by atoms with Crippen LogP contribution in [-0.2, 0) is 19.1 Å². The van der Waals surface area contributed by atoms with Crippen LogP contribution >= 0.6 is 0 Å². The van der Waals surface area contributed by atoms with E-state index >= 15 is 0 Å². The summed E-state index contributed by atoms with van der Waals surface area (Å²) < 4.78 is 10.2. The zero-order valence-electron chi connectivity index (χ0n) is 20.7. The van der Waals surface area contributed by atoms with Gasteiger partial charge in [-0.3, -0.25) is 0 Å². The highest BCUT2D eigenvalue weighted by Gasteiger charge is 2.30. The van der Waals surface area contributed by atoms with Gasteiger partial charge in [-0.25, -0.2) is 9.59 Å². The molecule has 0 spiro atoms. The van der Waals surface area contributed by atoms with Crippen LogP contribution in [0.2, 0.25) is 0 Å². The third-order valence-electron chi connectivity index (χ3n) is 7.01. The average Bonchev–Trinajstić information content (AvgIpc) is 3.47. The van der Waals surface area contributed by atoms with Gasteiger partial charge in [0.25, 0.3) is 0 Å². The number of rotatable bonds is 6. The van der Waals surface area contributed by atoms with Crippen molar-refractivity contribution < 1.29 is 29.3 Å². The molecular weight excluding hydrogens is 480 g/mol. The van der Waals surface area contributed by atoms with Gasteiger partial charge in [0, 0.05) is 11.8 Å². The van der Waals surface area contributed by atoms with E-state index in [0.29, 0.717) is 0 Å². The molecule has 192 valence electrons. The van der Waals surface area contributed by atoms with Gasteiger partial charge in [0.1, 0.15) is 26.4 Å². The number of aliphatic hydroxyl groups is 2. The normalized spacial score (nSPS) is 12.9. The summed E-state index contributed by atoms with van der Waals surface area (Å²) in [6.45, 7) is -0.604. The molecule has 2 aliphatic rings. The maximum absolute atomic E-state index is 11.1. The quantitative estimate of drug-likeness (QED) is 0.368. The number of ether oxygens (including phenoxy) is 2. The van der Waals surface area contributed by atoms with E-state index < -0.39 is 25.2 Å². The van der Waals surface area contributed by atoms with Gasteiger partial charge in [-0.2, -0.15) is 0 Å². The van der Waals surface area contributed by atoms with Crippen LogP contribution in [0, 0.1) is 0 Å². The molecule has 4 aromatic rings. The fraction of sp³-hybridized carbons (Fsp3) is 0.188. The number of hydrogen-bond donors (Lipinski definition) is 2. The van der Waals surface area contributed by atoms with E-state index in [1.54, 1.807) is 0 Å². The minimum atomic E-state index is -0.582. The van der Waals surface area contributed by atoms with Crippen LogP contribution in [-0.4, -0.2) is 48.6 Å². The van der Waals surface area contributed by atoms with Gasteiger partial charge >= 0.3 is 11.9 Å². The lowest BCUT2D eigenvalue weighted by Crippen LogP contribution is -2.14. The van der Waals surface area contributed by atoms with Crippen molar-refractivity contribution in [2.45, 2.75) is 11.8 Å². The molecule has 2 N–H and O–H groups in total. The van der Waals surface area contributed by atoms with Crippen molar-refractivity contribution in [3.05, 3.63) is 119 Å². The van der Waals surface area contributed by atoms with Gasteiger partial charge in [0.15, 0.2) is 0 Å². The van der Waals surface area contributed by atoms with Gasteiger partial charge < -0.3 is 19.7 Å². The Morgan fingerprint density at radius 1 is 0.500 bits per heavy atom. The molecular formula is C32H28O6. The fourth-order valence-corrected chi connectivity index (χ4v) is 5.32. The van der Waals surface area contributed by atoms with Gasteiger partial charge in [-0.05, 0) is 44.5 Å². The Morgan fingerprint density at radius 2 is 0.763 bits per heavy atom. The molecule has 6 nitrogen and oxygen atoms in total. The minimum absolute atomic E-state index is 0.0582. The standard InChI is InChI=1S/2C16H14O3/c2*17-9-16(18)19-10-15-13-7-3-1-5-11(13)12-6-2-4-8-14(12)15/h2*1-8,15,17H,9-10H2. The smallest absolute Gasteiger partial charge is 0.331 e. The molecule has 0 saturated carbocycles. The van der Waals surface area contributed by atoms with E-state index in [2.05, 4.69) is 48.5 Å². The summed E-state index contributed by atoms with van der Waals surface area (Å²) in [4.78, 5) is 22.2. The number of esters is 2. The second kappa shape index (κ2) is 11.4. The number of carbonyl (C=O) groups excluding carboxylic acids is 2. The highest BCUT2D eigenvalue weighted by Crippen LogP contribution is 2.45. The first-order chi connectivity index (χ1) is 18.6. The van der Waals surface area contributed by atoms with Crippen molar-refractivity contribution in [2.24, 2.45) is 0 Å². The van der Waals surface area contributed by atoms with Crippen molar-refractivity contribution in [3.8, 4) is 22.3 Å². The summed E-state index contributed by atoms with van der Waals surface area (Å²) >= 11 is 0. The van der Waals surface area contributed by atoms with Crippen LogP contribution in [0.5, 0.6) is 0 Å². The largest absolute Gasteiger partial charge is 0.463 e. The molecule has 2 aliphatic carbocycles. The average molecular weight is 509 g/mol. The Labute approximate surface area is 221 Å². The highest BCUT2D eigenvalue weighted by molar-refractivity contribution is 5.80. The summed E-state index contributed by atoms with van der Waals surface area (Å²) in [6, 6.07) is 32.6. The van der Waals surface area contributed by atoms with E-state index in [0.717, 1.165) is 0 Å². The van der Waals surface area contributed by atoms with E-state index in [-0.39, 0.29) is 25.0 Å². The van der Waals surface area contributed by atoms with Crippen LogP contribution in [0.1, 0.15) is 34.1 Å². The Hall–Kier alpha value is -4.26. The maximum Gasteiger partial charge on any atom is 0.331 e. The summed E-state index contributed by atoms with van der Waals surface area (Å²) in [5, 5.41) is 17.4. The molecule has 0 radical (unpaired) electrons. The van der Waals surface area contributed by atoms with Crippen LogP contribution < -0.4 is 0 Å². The zero-order chi connectivity index (χ0) is 26.5. The number of benzene rings is 4. The lowest BCUT2D eigenvalue weighted by Gasteiger charge is -2.13. The molecule has 0 amide bonds. The SMILES string of the molecule is O=C(CO)OCC1c2ccccc2-c2ccccc21.O=C(CO)OCC1c2ccccc2-c2ccccc21. The van der Waals surface area contributed by atoms with Crippen LogP contribution in [0.25, 0.3) is 22.3 Å².